The van der Waals surface area contributed by atoms with E-state index in [-0.39, 0.29) is 11.8 Å². The highest BCUT2D eigenvalue weighted by Gasteiger charge is 2.33. The first-order valence-electron chi connectivity index (χ1n) is 7.64. The van der Waals surface area contributed by atoms with Gasteiger partial charge >= 0.3 is 0 Å². The lowest BCUT2D eigenvalue weighted by molar-refractivity contribution is -0.122. The molecule has 1 amide bonds. The van der Waals surface area contributed by atoms with Gasteiger partial charge in [0.2, 0.25) is 15.9 Å². The van der Waals surface area contributed by atoms with Gasteiger partial charge in [-0.1, -0.05) is 0 Å². The fraction of sp³-hybridized carbons (Fsp3) is 0.562. The monoisotopic (exact) mass is 340 g/mol. The average molecular weight is 340 g/mol. The number of rotatable bonds is 4. The molecule has 1 aliphatic rings. The molecule has 1 aliphatic heterocycles. The molecule has 1 heterocycles. The number of nitrogens with zero attached hydrogens (tertiary/aromatic N) is 1. The van der Waals surface area contributed by atoms with Gasteiger partial charge in [0.1, 0.15) is 5.75 Å². The Morgan fingerprint density at radius 3 is 2.26 bits per heavy atom. The van der Waals surface area contributed by atoms with Gasteiger partial charge in [0.05, 0.1) is 12.0 Å². The van der Waals surface area contributed by atoms with E-state index in [4.69, 9.17) is 10.5 Å². The Kier molecular flexibility index (Phi) is 5.01. The molecule has 1 aromatic carbocycles. The Labute approximate surface area is 137 Å². The summed E-state index contributed by atoms with van der Waals surface area (Å²) >= 11 is 0. The maximum Gasteiger partial charge on any atom is 0.243 e. The number of methoxy groups -OCH3 is 1. The minimum atomic E-state index is -3.59. The Bertz CT molecular complexity index is 720. The quantitative estimate of drug-likeness (QED) is 0.899. The van der Waals surface area contributed by atoms with Crippen LogP contribution in [0, 0.1) is 26.7 Å². The van der Waals surface area contributed by atoms with Crippen molar-refractivity contribution in [1.29, 1.82) is 0 Å². The summed E-state index contributed by atoms with van der Waals surface area (Å²) in [6, 6.07) is 1.66. The number of sulfonamides is 1. The van der Waals surface area contributed by atoms with Gasteiger partial charge in [-0.25, -0.2) is 8.42 Å². The predicted molar refractivity (Wildman–Crippen MR) is 87.9 cm³/mol. The zero-order valence-corrected chi connectivity index (χ0v) is 14.9. The Morgan fingerprint density at radius 1 is 1.22 bits per heavy atom. The summed E-state index contributed by atoms with van der Waals surface area (Å²) in [5, 5.41) is 0. The minimum Gasteiger partial charge on any atom is -0.496 e. The molecular formula is C16H24N2O4S. The molecule has 0 unspecified atom stereocenters. The van der Waals surface area contributed by atoms with Crippen LogP contribution < -0.4 is 10.5 Å². The van der Waals surface area contributed by atoms with E-state index in [1.54, 1.807) is 20.1 Å². The summed E-state index contributed by atoms with van der Waals surface area (Å²) in [5.74, 6) is 0.130. The molecule has 0 aromatic heterocycles. The van der Waals surface area contributed by atoms with Crippen LogP contribution in [0.15, 0.2) is 11.0 Å². The summed E-state index contributed by atoms with van der Waals surface area (Å²) in [7, 11) is -2.01. The molecule has 0 aliphatic carbocycles. The summed E-state index contributed by atoms with van der Waals surface area (Å²) in [6.45, 7) is 6.13. The summed E-state index contributed by atoms with van der Waals surface area (Å²) in [5.41, 5.74) is 7.63. The van der Waals surface area contributed by atoms with Crippen molar-refractivity contribution in [3.8, 4) is 5.75 Å². The summed E-state index contributed by atoms with van der Waals surface area (Å²) < 4.78 is 32.7. The first-order chi connectivity index (χ1) is 10.7. The average Bonchev–Trinajstić information content (AvgIpc) is 2.51. The van der Waals surface area contributed by atoms with E-state index in [9.17, 15) is 13.2 Å². The van der Waals surface area contributed by atoms with E-state index in [2.05, 4.69) is 0 Å². The van der Waals surface area contributed by atoms with Gasteiger partial charge in [0.15, 0.2) is 0 Å². The van der Waals surface area contributed by atoms with Crippen LogP contribution in [-0.4, -0.2) is 38.8 Å². The highest BCUT2D eigenvalue weighted by Crippen LogP contribution is 2.33. The number of amides is 1. The van der Waals surface area contributed by atoms with Gasteiger partial charge in [0.25, 0.3) is 0 Å². The lowest BCUT2D eigenvalue weighted by Gasteiger charge is -2.30. The van der Waals surface area contributed by atoms with Crippen molar-refractivity contribution < 1.29 is 17.9 Å². The van der Waals surface area contributed by atoms with Gasteiger partial charge in [-0.15, -0.1) is 0 Å². The molecule has 1 saturated heterocycles. The second kappa shape index (κ2) is 6.49. The van der Waals surface area contributed by atoms with E-state index in [1.807, 2.05) is 13.8 Å². The fourth-order valence-corrected chi connectivity index (χ4v) is 4.96. The zero-order valence-electron chi connectivity index (χ0n) is 14.0. The van der Waals surface area contributed by atoms with Gasteiger partial charge in [-0.2, -0.15) is 4.31 Å². The Balaban J connectivity index is 2.36. The third-order valence-electron chi connectivity index (χ3n) is 4.66. The van der Waals surface area contributed by atoms with Crippen molar-refractivity contribution in [2.75, 3.05) is 20.2 Å². The number of aryl methyl sites for hydroxylation is 1. The van der Waals surface area contributed by atoms with Crippen molar-refractivity contribution in [2.24, 2.45) is 11.7 Å². The smallest absolute Gasteiger partial charge is 0.243 e. The number of hydrogen-bond donors (Lipinski definition) is 1. The second-order valence-electron chi connectivity index (χ2n) is 6.06. The van der Waals surface area contributed by atoms with Gasteiger partial charge in [-0.05, 0) is 56.4 Å². The van der Waals surface area contributed by atoms with E-state index in [1.165, 1.54) is 4.31 Å². The number of carbonyl (C=O) groups is 1. The van der Waals surface area contributed by atoms with Gasteiger partial charge < -0.3 is 10.5 Å². The maximum atomic E-state index is 13.0. The number of primary amides is 1. The number of piperidine rings is 1. The lowest BCUT2D eigenvalue weighted by Crippen LogP contribution is -2.41. The Morgan fingerprint density at radius 2 is 1.78 bits per heavy atom. The third-order valence-corrected chi connectivity index (χ3v) is 6.68. The van der Waals surface area contributed by atoms with Crippen LogP contribution in [0.25, 0.3) is 0 Å². The maximum absolute atomic E-state index is 13.0. The number of ether oxygens (including phenoxy) is 1. The third kappa shape index (κ3) is 3.21. The van der Waals surface area contributed by atoms with Crippen molar-refractivity contribution in [1.82, 2.24) is 4.31 Å². The first-order valence-corrected chi connectivity index (χ1v) is 9.08. The predicted octanol–water partition coefficient (Wildman–Crippen LogP) is 1.51. The fourth-order valence-electron chi connectivity index (χ4n) is 3.12. The molecule has 2 N–H and O–H groups in total. The largest absolute Gasteiger partial charge is 0.496 e. The molecule has 0 radical (unpaired) electrons. The first kappa shape index (κ1) is 17.7. The zero-order chi connectivity index (χ0) is 17.4. The van der Waals surface area contributed by atoms with Crippen LogP contribution >= 0.6 is 0 Å². The van der Waals surface area contributed by atoms with Crippen LogP contribution in [0.1, 0.15) is 29.5 Å². The van der Waals surface area contributed by atoms with E-state index < -0.39 is 10.0 Å². The van der Waals surface area contributed by atoms with Gasteiger partial charge in [-0.3, -0.25) is 4.79 Å². The van der Waals surface area contributed by atoms with Crippen molar-refractivity contribution in [2.45, 2.75) is 38.5 Å². The van der Waals surface area contributed by atoms with E-state index >= 15 is 0 Å². The summed E-state index contributed by atoms with van der Waals surface area (Å²) in [4.78, 5) is 11.5. The molecule has 0 atom stereocenters. The molecule has 128 valence electrons. The molecular weight excluding hydrogens is 316 g/mol. The standard InChI is InChI=1S/C16H24N2O4S/c1-10-9-14(11(2)12(3)15(10)22-4)23(20,21)18-7-5-13(6-8-18)16(17)19/h9,13H,5-8H2,1-4H3,(H2,17,19). The topological polar surface area (TPSA) is 89.7 Å². The van der Waals surface area contributed by atoms with Crippen LogP contribution in [-0.2, 0) is 14.8 Å². The van der Waals surface area contributed by atoms with Gasteiger partial charge in [0, 0.05) is 19.0 Å². The number of carbonyl (C=O) groups excluding carboxylic acids is 1. The molecule has 6 nitrogen and oxygen atoms in total. The molecule has 1 aromatic rings. The molecule has 7 heteroatoms. The molecule has 0 saturated carbocycles. The number of benzene rings is 1. The number of nitrogens with two attached hydrogens (primary N) is 1. The molecule has 2 rings (SSSR count). The Hall–Kier alpha value is -1.60. The summed E-state index contributed by atoms with van der Waals surface area (Å²) in [6.07, 6.45) is 0.948. The van der Waals surface area contributed by atoms with Crippen molar-refractivity contribution in [3.05, 3.63) is 22.8 Å². The normalized spacial score (nSPS) is 17.2. The van der Waals surface area contributed by atoms with Crippen molar-refractivity contribution >= 4 is 15.9 Å². The highest BCUT2D eigenvalue weighted by atomic mass is 32.2. The highest BCUT2D eigenvalue weighted by molar-refractivity contribution is 7.89. The molecule has 23 heavy (non-hydrogen) atoms. The van der Waals surface area contributed by atoms with Crippen LogP contribution in [0.4, 0.5) is 0 Å². The number of hydrogen-bond acceptors (Lipinski definition) is 4. The molecule has 1 fully saturated rings. The molecule has 0 bridgehead atoms. The van der Waals surface area contributed by atoms with E-state index in [0.29, 0.717) is 42.1 Å². The van der Waals surface area contributed by atoms with E-state index in [0.717, 1.165) is 11.1 Å². The van der Waals surface area contributed by atoms with Crippen LogP contribution in [0.5, 0.6) is 5.75 Å². The minimum absolute atomic E-state index is 0.234. The SMILES string of the molecule is COc1c(C)cc(S(=O)(=O)N2CCC(C(N)=O)CC2)c(C)c1C. The second-order valence-corrected chi connectivity index (χ2v) is 7.96. The van der Waals surface area contributed by atoms with Crippen LogP contribution in [0.3, 0.4) is 0 Å². The van der Waals surface area contributed by atoms with Crippen LogP contribution in [0.2, 0.25) is 0 Å². The molecule has 0 spiro atoms. The lowest BCUT2D eigenvalue weighted by atomic mass is 9.98. The van der Waals surface area contributed by atoms with Crippen molar-refractivity contribution in [3.63, 3.8) is 0 Å².